The summed E-state index contributed by atoms with van der Waals surface area (Å²) in [6.07, 6.45) is 0. The minimum atomic E-state index is -0.152. The van der Waals surface area contributed by atoms with Gasteiger partial charge >= 0.3 is 0 Å². The summed E-state index contributed by atoms with van der Waals surface area (Å²) >= 11 is 5.83. The molecule has 0 aliphatic heterocycles. The van der Waals surface area contributed by atoms with Crippen molar-refractivity contribution < 1.29 is 9.53 Å². The number of hydrogen-bond acceptors (Lipinski definition) is 3. The van der Waals surface area contributed by atoms with E-state index in [1.54, 1.807) is 37.4 Å². The van der Waals surface area contributed by atoms with Crippen molar-refractivity contribution in [2.24, 2.45) is 0 Å². The second-order valence-corrected chi connectivity index (χ2v) is 4.76. The maximum absolute atomic E-state index is 12.5. The molecule has 3 rings (SSSR count). The zero-order valence-corrected chi connectivity index (χ0v) is 11.4. The van der Waals surface area contributed by atoms with Gasteiger partial charge in [0.05, 0.1) is 12.6 Å². The van der Waals surface area contributed by atoms with Crippen LogP contribution in [0.2, 0.25) is 5.02 Å². The zero-order valence-electron chi connectivity index (χ0n) is 10.7. The number of hydrogen-bond donors (Lipinski definition) is 1. The number of nitrogens with zero attached hydrogens (tertiary/aromatic N) is 1. The minimum Gasteiger partial charge on any atom is -0.497 e. The Balaban J connectivity index is 2.09. The van der Waals surface area contributed by atoms with Gasteiger partial charge in [0, 0.05) is 16.0 Å². The summed E-state index contributed by atoms with van der Waals surface area (Å²) < 4.78 is 5.18. The quantitative estimate of drug-likeness (QED) is 0.750. The Hall–Kier alpha value is -2.33. The first kappa shape index (κ1) is 12.7. The van der Waals surface area contributed by atoms with Crippen molar-refractivity contribution in [3.8, 4) is 5.75 Å². The lowest BCUT2D eigenvalue weighted by molar-refractivity contribution is 0.103. The van der Waals surface area contributed by atoms with Crippen LogP contribution in [0.3, 0.4) is 0 Å². The predicted molar refractivity (Wildman–Crippen MR) is 77.5 cm³/mol. The maximum atomic E-state index is 12.5. The SMILES string of the molecule is COc1ccc2[nH]nc(C(=O)c3ccc(Cl)cc3)c2c1. The van der Waals surface area contributed by atoms with Crippen molar-refractivity contribution in [1.82, 2.24) is 10.2 Å². The van der Waals surface area contributed by atoms with E-state index in [9.17, 15) is 4.79 Å². The standard InChI is InChI=1S/C15H11ClN2O2/c1-20-11-6-7-13-12(8-11)14(18-17-13)15(19)9-2-4-10(16)5-3-9/h2-8H,1H3,(H,17,18). The molecule has 20 heavy (non-hydrogen) atoms. The van der Waals surface area contributed by atoms with Crippen LogP contribution < -0.4 is 4.74 Å². The number of aromatic amines is 1. The van der Waals surface area contributed by atoms with E-state index in [4.69, 9.17) is 16.3 Å². The van der Waals surface area contributed by atoms with E-state index < -0.39 is 0 Å². The smallest absolute Gasteiger partial charge is 0.213 e. The molecule has 0 saturated heterocycles. The van der Waals surface area contributed by atoms with Crippen LogP contribution in [0.1, 0.15) is 16.1 Å². The molecule has 0 amide bonds. The van der Waals surface area contributed by atoms with Gasteiger partial charge in [0.2, 0.25) is 5.78 Å². The highest BCUT2D eigenvalue weighted by Crippen LogP contribution is 2.24. The number of nitrogens with one attached hydrogen (secondary N) is 1. The average molecular weight is 287 g/mol. The molecular weight excluding hydrogens is 276 g/mol. The van der Waals surface area contributed by atoms with Crippen molar-refractivity contribution in [3.05, 3.63) is 58.7 Å². The lowest BCUT2D eigenvalue weighted by atomic mass is 10.1. The fourth-order valence-electron chi connectivity index (χ4n) is 2.03. The summed E-state index contributed by atoms with van der Waals surface area (Å²) in [5.74, 6) is 0.533. The van der Waals surface area contributed by atoms with Gasteiger partial charge in [-0.1, -0.05) is 11.6 Å². The minimum absolute atomic E-state index is 0.152. The highest BCUT2D eigenvalue weighted by Gasteiger charge is 2.16. The van der Waals surface area contributed by atoms with Crippen LogP contribution in [0, 0.1) is 0 Å². The fraction of sp³-hybridized carbons (Fsp3) is 0.0667. The number of rotatable bonds is 3. The van der Waals surface area contributed by atoms with Gasteiger partial charge in [-0.2, -0.15) is 5.10 Å². The molecule has 0 unspecified atom stereocenters. The van der Waals surface area contributed by atoms with E-state index in [2.05, 4.69) is 10.2 Å². The molecule has 1 aromatic heterocycles. The van der Waals surface area contributed by atoms with Gasteiger partial charge in [-0.15, -0.1) is 0 Å². The van der Waals surface area contributed by atoms with Gasteiger partial charge in [-0.05, 0) is 42.5 Å². The molecule has 0 atom stereocenters. The molecule has 1 N–H and O–H groups in total. The monoisotopic (exact) mass is 286 g/mol. The van der Waals surface area contributed by atoms with Crippen molar-refractivity contribution in [2.75, 3.05) is 7.11 Å². The van der Waals surface area contributed by atoms with Crippen molar-refractivity contribution in [3.63, 3.8) is 0 Å². The summed E-state index contributed by atoms with van der Waals surface area (Å²) in [4.78, 5) is 12.5. The van der Waals surface area contributed by atoms with Crippen LogP contribution in [0.15, 0.2) is 42.5 Å². The van der Waals surface area contributed by atoms with Crippen molar-refractivity contribution in [1.29, 1.82) is 0 Å². The van der Waals surface area contributed by atoms with Crippen LogP contribution in [0.5, 0.6) is 5.75 Å². The fourth-order valence-corrected chi connectivity index (χ4v) is 2.16. The molecule has 1 heterocycles. The predicted octanol–water partition coefficient (Wildman–Crippen LogP) is 3.46. The molecule has 4 nitrogen and oxygen atoms in total. The summed E-state index contributed by atoms with van der Waals surface area (Å²) in [5, 5.41) is 8.29. The zero-order chi connectivity index (χ0) is 14.1. The number of carbonyl (C=O) groups is 1. The Morgan fingerprint density at radius 2 is 1.95 bits per heavy atom. The molecule has 100 valence electrons. The third-order valence-corrected chi connectivity index (χ3v) is 3.34. The second-order valence-electron chi connectivity index (χ2n) is 4.32. The van der Waals surface area contributed by atoms with Crippen LogP contribution >= 0.6 is 11.6 Å². The van der Waals surface area contributed by atoms with E-state index in [-0.39, 0.29) is 5.78 Å². The Bertz CT molecular complexity index is 778. The second kappa shape index (κ2) is 4.98. The number of carbonyl (C=O) groups excluding carboxylic acids is 1. The Kier molecular flexibility index (Phi) is 3.16. The van der Waals surface area contributed by atoms with Crippen molar-refractivity contribution in [2.45, 2.75) is 0 Å². The number of halogens is 1. The maximum Gasteiger partial charge on any atom is 0.213 e. The number of ketones is 1. The Labute approximate surface area is 120 Å². The first-order valence-corrected chi connectivity index (χ1v) is 6.39. The molecular formula is C15H11ClN2O2. The number of H-pyrrole nitrogens is 1. The summed E-state index contributed by atoms with van der Waals surface area (Å²) in [6.45, 7) is 0. The summed E-state index contributed by atoms with van der Waals surface area (Å²) in [7, 11) is 1.59. The topological polar surface area (TPSA) is 55.0 Å². The number of aromatic nitrogens is 2. The Morgan fingerprint density at radius 1 is 1.20 bits per heavy atom. The van der Waals surface area contributed by atoms with Crippen LogP contribution in [0.25, 0.3) is 10.9 Å². The lowest BCUT2D eigenvalue weighted by Gasteiger charge is -2.01. The molecule has 0 saturated carbocycles. The average Bonchev–Trinajstić information content (AvgIpc) is 2.90. The third-order valence-electron chi connectivity index (χ3n) is 3.09. The largest absolute Gasteiger partial charge is 0.497 e. The summed E-state index contributed by atoms with van der Waals surface area (Å²) in [5.41, 5.74) is 1.72. The van der Waals surface area contributed by atoms with Gasteiger partial charge in [0.15, 0.2) is 0 Å². The molecule has 5 heteroatoms. The van der Waals surface area contributed by atoms with Gasteiger partial charge in [0.25, 0.3) is 0 Å². The van der Waals surface area contributed by atoms with Crippen LogP contribution in [-0.4, -0.2) is 23.1 Å². The third kappa shape index (κ3) is 2.14. The molecule has 0 spiro atoms. The van der Waals surface area contributed by atoms with E-state index in [1.165, 1.54) is 0 Å². The number of methoxy groups -OCH3 is 1. The number of ether oxygens (including phenoxy) is 1. The van der Waals surface area contributed by atoms with E-state index in [0.717, 1.165) is 10.9 Å². The van der Waals surface area contributed by atoms with E-state index in [0.29, 0.717) is 22.0 Å². The van der Waals surface area contributed by atoms with Gasteiger partial charge < -0.3 is 4.74 Å². The highest BCUT2D eigenvalue weighted by atomic mass is 35.5. The van der Waals surface area contributed by atoms with E-state index in [1.807, 2.05) is 12.1 Å². The van der Waals surface area contributed by atoms with Gasteiger partial charge in [-0.3, -0.25) is 9.89 Å². The molecule has 0 aliphatic rings. The molecule has 0 fully saturated rings. The first-order valence-electron chi connectivity index (χ1n) is 6.01. The molecule has 0 bridgehead atoms. The molecule has 0 radical (unpaired) electrons. The molecule has 3 aromatic rings. The molecule has 0 aliphatic carbocycles. The lowest BCUT2D eigenvalue weighted by Crippen LogP contribution is -2.02. The van der Waals surface area contributed by atoms with Crippen LogP contribution in [-0.2, 0) is 0 Å². The van der Waals surface area contributed by atoms with Crippen molar-refractivity contribution >= 4 is 28.3 Å². The highest BCUT2D eigenvalue weighted by molar-refractivity contribution is 6.30. The van der Waals surface area contributed by atoms with E-state index >= 15 is 0 Å². The Morgan fingerprint density at radius 3 is 2.65 bits per heavy atom. The van der Waals surface area contributed by atoms with Gasteiger partial charge in [-0.25, -0.2) is 0 Å². The van der Waals surface area contributed by atoms with Gasteiger partial charge in [0.1, 0.15) is 11.4 Å². The number of benzene rings is 2. The molecule has 2 aromatic carbocycles. The summed E-state index contributed by atoms with van der Waals surface area (Å²) in [6, 6.07) is 12.2. The van der Waals surface area contributed by atoms with Crippen LogP contribution in [0.4, 0.5) is 0 Å². The normalized spacial score (nSPS) is 10.7. The number of fused-ring (bicyclic) bond motifs is 1. The first-order chi connectivity index (χ1) is 9.69.